The van der Waals surface area contributed by atoms with Gasteiger partial charge in [-0.3, -0.25) is 8.98 Å². The van der Waals surface area contributed by atoms with Gasteiger partial charge in [-0.05, 0) is 44.9 Å². The van der Waals surface area contributed by atoms with Crippen molar-refractivity contribution in [3.8, 4) is 0 Å². The minimum absolute atomic E-state index is 0.0129. The van der Waals surface area contributed by atoms with Gasteiger partial charge in [0, 0.05) is 18.9 Å². The summed E-state index contributed by atoms with van der Waals surface area (Å²) in [6.45, 7) is 4.15. The molecule has 12 heteroatoms. The number of ether oxygens (including phenoxy) is 2. The van der Waals surface area contributed by atoms with Gasteiger partial charge >= 0.3 is 12.1 Å². The number of aliphatic carboxylic acids is 1. The normalized spacial score (nSPS) is 17.1. The van der Waals surface area contributed by atoms with Crippen LogP contribution in [0.3, 0.4) is 0 Å². The van der Waals surface area contributed by atoms with Crippen molar-refractivity contribution < 1.29 is 46.7 Å². The minimum Gasteiger partial charge on any atom is -0.479 e. The number of rotatable bonds is 14. The van der Waals surface area contributed by atoms with Crippen LogP contribution in [0.15, 0.2) is 0 Å². The zero-order valence-corrected chi connectivity index (χ0v) is 20.4. The molecule has 1 aliphatic carbocycles. The zero-order chi connectivity index (χ0) is 25.1. The lowest BCUT2D eigenvalue weighted by Crippen LogP contribution is -2.47. The molecule has 0 heterocycles. The van der Waals surface area contributed by atoms with Crippen molar-refractivity contribution in [2.75, 3.05) is 18.9 Å². The van der Waals surface area contributed by atoms with Crippen LogP contribution in [0.5, 0.6) is 0 Å². The highest BCUT2D eigenvalue weighted by atomic mass is 32.2. The summed E-state index contributed by atoms with van der Waals surface area (Å²) in [7, 11) is -4.08. The van der Waals surface area contributed by atoms with Crippen molar-refractivity contribution in [2.45, 2.75) is 90.4 Å². The smallest absolute Gasteiger partial charge is 0.479 e. The van der Waals surface area contributed by atoms with Crippen LogP contribution in [0.4, 0.5) is 4.79 Å². The first-order valence-electron chi connectivity index (χ1n) is 11.2. The zero-order valence-electron chi connectivity index (χ0n) is 19.6. The molecule has 192 valence electrons. The molecular weight excluding hydrogens is 458 g/mol. The Hall–Kier alpha value is -1.92. The molecule has 0 aromatic heterocycles. The van der Waals surface area contributed by atoms with Gasteiger partial charge in [0.05, 0.1) is 18.5 Å². The van der Waals surface area contributed by atoms with Gasteiger partial charge in [0.1, 0.15) is 6.10 Å². The summed E-state index contributed by atoms with van der Waals surface area (Å²) in [6, 6.07) is 0. The van der Waals surface area contributed by atoms with Crippen molar-refractivity contribution in [1.29, 1.82) is 0 Å². The summed E-state index contributed by atoms with van der Waals surface area (Å²) in [5.41, 5.74) is -1.46. The standard InChI is InChI=1S/C21H37NO10S/c1-15(23)22-12-8-14-33(28,29)32-17(21(2,3)18(24)19(25)26)11-7-13-30-20(27)31-16-9-5-4-6-10-16/h16-18,24H,4-14H2,1-3H3,(H,22,23)(H,25,26)/t17?,18-/m0/s1. The molecule has 0 spiro atoms. The Kier molecular flexibility index (Phi) is 12.1. The molecule has 0 aromatic carbocycles. The molecular formula is C21H37NO10S. The molecule has 1 fully saturated rings. The second-order valence-electron chi connectivity index (χ2n) is 8.86. The Morgan fingerprint density at radius 2 is 1.76 bits per heavy atom. The Morgan fingerprint density at radius 1 is 1.12 bits per heavy atom. The van der Waals surface area contributed by atoms with Gasteiger partial charge in [-0.15, -0.1) is 0 Å². The van der Waals surface area contributed by atoms with Crippen LogP contribution in [0.2, 0.25) is 0 Å². The largest absolute Gasteiger partial charge is 0.508 e. The van der Waals surface area contributed by atoms with Crippen molar-refractivity contribution >= 4 is 28.1 Å². The molecule has 33 heavy (non-hydrogen) atoms. The Labute approximate surface area is 195 Å². The summed E-state index contributed by atoms with van der Waals surface area (Å²) < 4.78 is 40.4. The predicted octanol–water partition coefficient (Wildman–Crippen LogP) is 1.97. The molecule has 1 unspecified atom stereocenters. The topological polar surface area (TPSA) is 166 Å². The number of amides is 1. The van der Waals surface area contributed by atoms with Gasteiger partial charge in [-0.1, -0.05) is 20.3 Å². The number of carbonyl (C=O) groups excluding carboxylic acids is 2. The first kappa shape index (κ1) is 29.1. The maximum Gasteiger partial charge on any atom is 0.508 e. The second kappa shape index (κ2) is 13.7. The summed E-state index contributed by atoms with van der Waals surface area (Å²) in [5, 5.41) is 21.8. The van der Waals surface area contributed by atoms with E-state index in [1.54, 1.807) is 0 Å². The molecule has 11 nitrogen and oxygen atoms in total. The molecule has 0 radical (unpaired) electrons. The van der Waals surface area contributed by atoms with Crippen LogP contribution in [-0.2, 0) is 33.4 Å². The van der Waals surface area contributed by atoms with Crippen LogP contribution in [0.1, 0.15) is 72.1 Å². The Bertz CT molecular complexity index is 746. The molecule has 2 atom stereocenters. The fourth-order valence-electron chi connectivity index (χ4n) is 3.55. The van der Waals surface area contributed by atoms with E-state index in [4.69, 9.17) is 13.7 Å². The maximum absolute atomic E-state index is 12.4. The van der Waals surface area contributed by atoms with Gasteiger partial charge < -0.3 is 25.0 Å². The van der Waals surface area contributed by atoms with Crippen molar-refractivity contribution in [3.05, 3.63) is 0 Å². The number of aliphatic hydroxyl groups excluding tert-OH is 1. The Balaban J connectivity index is 2.65. The summed E-state index contributed by atoms with van der Waals surface area (Å²) >= 11 is 0. The van der Waals surface area contributed by atoms with Crippen LogP contribution in [0, 0.1) is 5.41 Å². The first-order chi connectivity index (χ1) is 15.3. The predicted molar refractivity (Wildman–Crippen MR) is 118 cm³/mol. The number of carboxylic acids is 1. The second-order valence-corrected chi connectivity index (χ2v) is 10.6. The van der Waals surface area contributed by atoms with E-state index in [1.807, 2.05) is 0 Å². The van der Waals surface area contributed by atoms with E-state index in [9.17, 15) is 33.0 Å². The summed E-state index contributed by atoms with van der Waals surface area (Å²) in [5.74, 6) is -2.20. The van der Waals surface area contributed by atoms with Gasteiger partial charge in [0.2, 0.25) is 5.91 Å². The van der Waals surface area contributed by atoms with Gasteiger partial charge in [-0.2, -0.15) is 8.42 Å². The molecule has 0 aromatic rings. The molecule has 0 saturated heterocycles. The number of aliphatic hydroxyl groups is 1. The van der Waals surface area contributed by atoms with E-state index >= 15 is 0 Å². The van der Waals surface area contributed by atoms with E-state index in [0.717, 1.165) is 32.1 Å². The third kappa shape index (κ3) is 11.2. The van der Waals surface area contributed by atoms with E-state index < -0.39 is 45.6 Å². The van der Waals surface area contributed by atoms with Crippen molar-refractivity contribution in [2.24, 2.45) is 5.41 Å². The number of nitrogens with one attached hydrogen (secondary N) is 1. The molecule has 1 amide bonds. The van der Waals surface area contributed by atoms with E-state index in [-0.39, 0.29) is 44.4 Å². The number of hydrogen-bond acceptors (Lipinski definition) is 9. The fraction of sp³-hybridized carbons (Fsp3) is 0.857. The average Bonchev–Trinajstić information content (AvgIpc) is 2.73. The quantitative estimate of drug-likeness (QED) is 0.184. The molecule has 0 bridgehead atoms. The average molecular weight is 496 g/mol. The maximum atomic E-state index is 12.4. The highest BCUT2D eigenvalue weighted by Crippen LogP contribution is 2.32. The molecule has 1 rings (SSSR count). The van der Waals surface area contributed by atoms with Crippen LogP contribution in [0.25, 0.3) is 0 Å². The molecule has 1 aliphatic rings. The van der Waals surface area contributed by atoms with Crippen LogP contribution >= 0.6 is 0 Å². The van der Waals surface area contributed by atoms with E-state index in [0.29, 0.717) is 0 Å². The Morgan fingerprint density at radius 3 is 2.33 bits per heavy atom. The summed E-state index contributed by atoms with van der Waals surface area (Å²) in [6.07, 6.45) is 0.968. The van der Waals surface area contributed by atoms with E-state index in [1.165, 1.54) is 20.8 Å². The number of hydrogen-bond donors (Lipinski definition) is 3. The third-order valence-electron chi connectivity index (χ3n) is 5.62. The van der Waals surface area contributed by atoms with Crippen LogP contribution < -0.4 is 5.32 Å². The molecule has 1 saturated carbocycles. The monoisotopic (exact) mass is 495 g/mol. The molecule has 3 N–H and O–H groups in total. The SMILES string of the molecule is CC(=O)NCCCS(=O)(=O)OC(CCCOC(=O)OC1CCCCC1)C(C)(C)[C@@H](O)C(=O)O. The van der Waals surface area contributed by atoms with Crippen LogP contribution in [-0.4, -0.2) is 73.9 Å². The van der Waals surface area contributed by atoms with Gasteiger partial charge in [0.25, 0.3) is 10.1 Å². The lowest BCUT2D eigenvalue weighted by Gasteiger charge is -2.35. The van der Waals surface area contributed by atoms with Crippen molar-refractivity contribution in [1.82, 2.24) is 5.32 Å². The third-order valence-corrected chi connectivity index (χ3v) is 6.94. The fourth-order valence-corrected chi connectivity index (χ4v) is 4.85. The number of carboxylic acid groups (broad SMARTS) is 1. The van der Waals surface area contributed by atoms with E-state index in [2.05, 4.69) is 5.32 Å². The van der Waals surface area contributed by atoms with Gasteiger partial charge in [-0.25, -0.2) is 9.59 Å². The highest BCUT2D eigenvalue weighted by Gasteiger charge is 2.43. The number of carbonyl (C=O) groups is 3. The summed E-state index contributed by atoms with van der Waals surface area (Å²) in [4.78, 5) is 34.1. The lowest BCUT2D eigenvalue weighted by atomic mass is 9.79. The van der Waals surface area contributed by atoms with Crippen molar-refractivity contribution in [3.63, 3.8) is 0 Å². The van der Waals surface area contributed by atoms with Gasteiger partial charge in [0.15, 0.2) is 6.10 Å². The highest BCUT2D eigenvalue weighted by molar-refractivity contribution is 7.86. The molecule has 0 aliphatic heterocycles. The first-order valence-corrected chi connectivity index (χ1v) is 12.8. The minimum atomic E-state index is -4.08. The lowest BCUT2D eigenvalue weighted by molar-refractivity contribution is -0.158.